The first-order valence-corrected chi connectivity index (χ1v) is 6.21. The minimum atomic E-state index is -0.502. The van der Waals surface area contributed by atoms with Gasteiger partial charge in [-0.15, -0.1) is 11.6 Å². The van der Waals surface area contributed by atoms with E-state index in [-0.39, 0.29) is 5.91 Å². The molecule has 0 saturated carbocycles. The van der Waals surface area contributed by atoms with Crippen LogP contribution in [-0.2, 0) is 11.2 Å². The fourth-order valence-corrected chi connectivity index (χ4v) is 1.49. The Morgan fingerprint density at radius 3 is 2.82 bits per heavy atom. The first kappa shape index (κ1) is 13.8. The lowest BCUT2D eigenvalue weighted by Crippen LogP contribution is -2.32. The Balaban J connectivity index is 2.33. The number of rotatable bonds is 6. The molecule has 0 aliphatic carbocycles. The summed E-state index contributed by atoms with van der Waals surface area (Å²) in [6.45, 7) is 4.64. The monoisotopic (exact) mass is 255 g/mol. The molecular formula is C13H18ClNO2. The number of carbonyl (C=O) groups excluding carboxylic acids is 1. The fourth-order valence-electron chi connectivity index (χ4n) is 1.41. The van der Waals surface area contributed by atoms with Gasteiger partial charge in [0.05, 0.1) is 6.54 Å². The molecule has 1 rings (SSSR count). The zero-order valence-corrected chi connectivity index (χ0v) is 11.0. The van der Waals surface area contributed by atoms with E-state index in [0.29, 0.717) is 13.2 Å². The quantitative estimate of drug-likeness (QED) is 0.626. The molecule has 4 heteroatoms. The van der Waals surface area contributed by atoms with Crippen LogP contribution in [0.4, 0.5) is 0 Å². The largest absolute Gasteiger partial charge is 0.491 e. The summed E-state index contributed by atoms with van der Waals surface area (Å²) >= 11 is 5.62. The van der Waals surface area contributed by atoms with Gasteiger partial charge >= 0.3 is 0 Å². The van der Waals surface area contributed by atoms with Crippen LogP contribution in [0, 0.1) is 0 Å². The second-order valence-corrected chi connectivity index (χ2v) is 4.37. The van der Waals surface area contributed by atoms with Crippen LogP contribution < -0.4 is 10.1 Å². The molecule has 0 aromatic heterocycles. The van der Waals surface area contributed by atoms with Crippen molar-refractivity contribution in [2.45, 2.75) is 25.6 Å². The Morgan fingerprint density at radius 1 is 1.47 bits per heavy atom. The average molecular weight is 256 g/mol. The van der Waals surface area contributed by atoms with Crippen molar-refractivity contribution in [3.8, 4) is 5.75 Å². The molecule has 0 aliphatic rings. The molecule has 17 heavy (non-hydrogen) atoms. The average Bonchev–Trinajstić information content (AvgIpc) is 2.34. The summed E-state index contributed by atoms with van der Waals surface area (Å²) in [5.74, 6) is 0.710. The third kappa shape index (κ3) is 4.65. The Morgan fingerprint density at radius 2 is 2.18 bits per heavy atom. The van der Waals surface area contributed by atoms with Crippen LogP contribution in [0.25, 0.3) is 0 Å². The van der Waals surface area contributed by atoms with E-state index >= 15 is 0 Å². The number of para-hydroxylation sites is 1. The van der Waals surface area contributed by atoms with Gasteiger partial charge in [-0.25, -0.2) is 0 Å². The molecule has 1 aromatic carbocycles. The van der Waals surface area contributed by atoms with Crippen LogP contribution in [0.15, 0.2) is 24.3 Å². The highest BCUT2D eigenvalue weighted by molar-refractivity contribution is 6.30. The fraction of sp³-hybridized carbons (Fsp3) is 0.462. The number of amides is 1. The molecule has 0 fully saturated rings. The van der Waals surface area contributed by atoms with E-state index in [1.165, 1.54) is 5.56 Å². The first-order chi connectivity index (χ1) is 8.15. The number of alkyl halides is 1. The van der Waals surface area contributed by atoms with Crippen molar-refractivity contribution < 1.29 is 9.53 Å². The molecule has 0 spiro atoms. The Hall–Kier alpha value is -1.22. The van der Waals surface area contributed by atoms with E-state index in [1.807, 2.05) is 24.3 Å². The smallest absolute Gasteiger partial charge is 0.237 e. The van der Waals surface area contributed by atoms with Crippen LogP contribution in [0.5, 0.6) is 5.75 Å². The van der Waals surface area contributed by atoms with Crippen LogP contribution in [0.1, 0.15) is 19.4 Å². The van der Waals surface area contributed by atoms with Gasteiger partial charge in [-0.1, -0.05) is 25.1 Å². The summed E-state index contributed by atoms with van der Waals surface area (Å²) < 4.78 is 5.60. The maximum absolute atomic E-state index is 11.2. The Kier molecular flexibility index (Phi) is 5.84. The third-order valence-corrected chi connectivity index (χ3v) is 2.57. The van der Waals surface area contributed by atoms with Gasteiger partial charge in [0.1, 0.15) is 17.7 Å². The molecule has 1 atom stereocenters. The predicted molar refractivity (Wildman–Crippen MR) is 69.6 cm³/mol. The maximum atomic E-state index is 11.2. The number of nitrogens with one attached hydrogen (secondary N) is 1. The number of hydrogen-bond acceptors (Lipinski definition) is 2. The van der Waals surface area contributed by atoms with Gasteiger partial charge in [-0.2, -0.15) is 0 Å². The molecule has 94 valence electrons. The summed E-state index contributed by atoms with van der Waals surface area (Å²) in [7, 11) is 0. The van der Waals surface area contributed by atoms with Crippen molar-refractivity contribution in [1.82, 2.24) is 5.32 Å². The highest BCUT2D eigenvalue weighted by Crippen LogP contribution is 2.17. The summed E-state index contributed by atoms with van der Waals surface area (Å²) in [5, 5.41) is 2.19. The second kappa shape index (κ2) is 7.17. The summed E-state index contributed by atoms with van der Waals surface area (Å²) in [6.07, 6.45) is 0.932. The topological polar surface area (TPSA) is 38.3 Å². The SMILES string of the molecule is CCc1ccccc1OCCNC(=O)C(C)Cl. The predicted octanol–water partition coefficient (Wildman–Crippen LogP) is 2.37. The lowest BCUT2D eigenvalue weighted by atomic mass is 10.1. The maximum Gasteiger partial charge on any atom is 0.237 e. The molecule has 1 amide bonds. The molecule has 0 heterocycles. The standard InChI is InChI=1S/C13H18ClNO2/c1-3-11-6-4-5-7-12(11)17-9-8-15-13(16)10(2)14/h4-7,10H,3,8-9H2,1-2H3,(H,15,16). The van der Waals surface area contributed by atoms with Gasteiger partial charge in [-0.05, 0) is 25.0 Å². The minimum Gasteiger partial charge on any atom is -0.491 e. The molecule has 0 radical (unpaired) electrons. The van der Waals surface area contributed by atoms with Gasteiger partial charge in [0, 0.05) is 0 Å². The first-order valence-electron chi connectivity index (χ1n) is 5.77. The Labute approximate surface area is 107 Å². The molecule has 0 bridgehead atoms. The van der Waals surface area contributed by atoms with E-state index in [9.17, 15) is 4.79 Å². The normalized spacial score (nSPS) is 11.9. The van der Waals surface area contributed by atoms with Crippen molar-refractivity contribution in [3.63, 3.8) is 0 Å². The number of ether oxygens (including phenoxy) is 1. The number of carbonyl (C=O) groups is 1. The molecular weight excluding hydrogens is 238 g/mol. The third-order valence-electron chi connectivity index (χ3n) is 2.37. The van der Waals surface area contributed by atoms with Gasteiger partial charge in [0.25, 0.3) is 0 Å². The zero-order valence-electron chi connectivity index (χ0n) is 10.2. The number of aryl methyl sites for hydroxylation is 1. The molecule has 3 nitrogen and oxygen atoms in total. The van der Waals surface area contributed by atoms with Gasteiger partial charge in [-0.3, -0.25) is 4.79 Å². The molecule has 0 saturated heterocycles. The van der Waals surface area contributed by atoms with E-state index in [4.69, 9.17) is 16.3 Å². The van der Waals surface area contributed by atoms with Crippen molar-refractivity contribution >= 4 is 17.5 Å². The Bertz CT molecular complexity index is 366. The van der Waals surface area contributed by atoms with Crippen LogP contribution in [-0.4, -0.2) is 24.4 Å². The van der Waals surface area contributed by atoms with Crippen molar-refractivity contribution in [2.75, 3.05) is 13.2 Å². The second-order valence-electron chi connectivity index (χ2n) is 3.72. The van der Waals surface area contributed by atoms with E-state index in [1.54, 1.807) is 6.92 Å². The summed E-state index contributed by atoms with van der Waals surface area (Å²) in [4.78, 5) is 11.2. The highest BCUT2D eigenvalue weighted by Gasteiger charge is 2.07. The van der Waals surface area contributed by atoms with Crippen LogP contribution >= 0.6 is 11.6 Å². The minimum absolute atomic E-state index is 0.168. The van der Waals surface area contributed by atoms with E-state index < -0.39 is 5.38 Å². The summed E-state index contributed by atoms with van der Waals surface area (Å²) in [5.41, 5.74) is 1.17. The van der Waals surface area contributed by atoms with Crippen molar-refractivity contribution in [2.24, 2.45) is 0 Å². The molecule has 0 aliphatic heterocycles. The van der Waals surface area contributed by atoms with E-state index in [2.05, 4.69) is 12.2 Å². The zero-order chi connectivity index (χ0) is 12.7. The van der Waals surface area contributed by atoms with Gasteiger partial charge < -0.3 is 10.1 Å². The number of hydrogen-bond donors (Lipinski definition) is 1. The highest BCUT2D eigenvalue weighted by atomic mass is 35.5. The number of halogens is 1. The van der Waals surface area contributed by atoms with Crippen molar-refractivity contribution in [1.29, 1.82) is 0 Å². The van der Waals surface area contributed by atoms with E-state index in [0.717, 1.165) is 12.2 Å². The lowest BCUT2D eigenvalue weighted by Gasteiger charge is -2.11. The van der Waals surface area contributed by atoms with Gasteiger partial charge in [0.2, 0.25) is 5.91 Å². The number of benzene rings is 1. The van der Waals surface area contributed by atoms with Gasteiger partial charge in [0.15, 0.2) is 0 Å². The van der Waals surface area contributed by atoms with Crippen LogP contribution in [0.2, 0.25) is 0 Å². The molecule has 1 unspecified atom stereocenters. The lowest BCUT2D eigenvalue weighted by molar-refractivity contribution is -0.120. The molecule has 1 N–H and O–H groups in total. The van der Waals surface area contributed by atoms with Crippen LogP contribution in [0.3, 0.4) is 0 Å². The van der Waals surface area contributed by atoms with Crippen molar-refractivity contribution in [3.05, 3.63) is 29.8 Å². The molecule has 1 aromatic rings. The summed E-state index contributed by atoms with van der Waals surface area (Å²) in [6, 6.07) is 7.90.